The van der Waals surface area contributed by atoms with Gasteiger partial charge in [-0.3, -0.25) is 4.79 Å². The molecule has 0 aromatic carbocycles. The summed E-state index contributed by atoms with van der Waals surface area (Å²) in [6.07, 6.45) is 4.62. The fraction of sp³-hybridized carbons (Fsp3) is 0.909. The SMILES string of the molecule is O=C(O)C(NCC1CCC(O)C1)C1CC1. The summed E-state index contributed by atoms with van der Waals surface area (Å²) in [5, 5.41) is 21.5. The van der Waals surface area contributed by atoms with Crippen LogP contribution in [0.4, 0.5) is 0 Å². The molecule has 3 atom stereocenters. The Hall–Kier alpha value is -0.610. The topological polar surface area (TPSA) is 69.6 Å². The van der Waals surface area contributed by atoms with E-state index >= 15 is 0 Å². The molecule has 4 heteroatoms. The number of aliphatic hydroxyl groups is 1. The number of carboxylic acid groups (broad SMARTS) is 1. The first-order valence-electron chi connectivity index (χ1n) is 5.81. The predicted molar refractivity (Wildman–Crippen MR) is 55.5 cm³/mol. The number of nitrogens with one attached hydrogen (secondary N) is 1. The Bertz CT molecular complexity index is 240. The van der Waals surface area contributed by atoms with Crippen LogP contribution < -0.4 is 5.32 Å². The van der Waals surface area contributed by atoms with Crippen molar-refractivity contribution in [1.29, 1.82) is 0 Å². The first kappa shape index (κ1) is 10.9. The van der Waals surface area contributed by atoms with Gasteiger partial charge in [0.1, 0.15) is 6.04 Å². The van der Waals surface area contributed by atoms with Gasteiger partial charge in [-0.25, -0.2) is 0 Å². The molecule has 0 aliphatic heterocycles. The van der Waals surface area contributed by atoms with E-state index in [1.807, 2.05) is 0 Å². The van der Waals surface area contributed by atoms with E-state index in [-0.39, 0.29) is 12.1 Å². The molecule has 0 amide bonds. The zero-order valence-corrected chi connectivity index (χ0v) is 8.85. The number of aliphatic hydroxyl groups excluding tert-OH is 1. The lowest BCUT2D eigenvalue weighted by Gasteiger charge is -2.16. The van der Waals surface area contributed by atoms with Gasteiger partial charge < -0.3 is 15.5 Å². The fourth-order valence-corrected chi connectivity index (χ4v) is 2.41. The standard InChI is InChI=1S/C11H19NO3/c13-9-4-1-7(5-9)6-12-10(11(14)15)8-2-3-8/h7-10,12-13H,1-6H2,(H,14,15). The molecule has 0 heterocycles. The molecule has 15 heavy (non-hydrogen) atoms. The summed E-state index contributed by atoms with van der Waals surface area (Å²) in [6.45, 7) is 0.741. The highest BCUT2D eigenvalue weighted by Gasteiger charge is 2.36. The lowest BCUT2D eigenvalue weighted by Crippen LogP contribution is -2.40. The van der Waals surface area contributed by atoms with Gasteiger partial charge in [-0.05, 0) is 50.5 Å². The molecule has 0 aromatic rings. The number of rotatable bonds is 5. The van der Waals surface area contributed by atoms with Gasteiger partial charge in [-0.2, -0.15) is 0 Å². The van der Waals surface area contributed by atoms with Crippen LogP contribution in [0.5, 0.6) is 0 Å². The molecule has 2 fully saturated rings. The monoisotopic (exact) mass is 213 g/mol. The number of hydrogen-bond acceptors (Lipinski definition) is 3. The predicted octanol–water partition coefficient (Wildman–Crippen LogP) is 0.600. The first-order valence-corrected chi connectivity index (χ1v) is 5.81. The highest BCUT2D eigenvalue weighted by Crippen LogP contribution is 2.33. The van der Waals surface area contributed by atoms with Gasteiger partial charge in [0, 0.05) is 0 Å². The van der Waals surface area contributed by atoms with Crippen LogP contribution in [0.3, 0.4) is 0 Å². The zero-order valence-electron chi connectivity index (χ0n) is 8.85. The molecule has 0 bridgehead atoms. The maximum Gasteiger partial charge on any atom is 0.320 e. The van der Waals surface area contributed by atoms with Crippen molar-refractivity contribution in [2.24, 2.45) is 11.8 Å². The van der Waals surface area contributed by atoms with Crippen molar-refractivity contribution in [1.82, 2.24) is 5.32 Å². The maximum atomic E-state index is 10.9. The summed E-state index contributed by atoms with van der Waals surface area (Å²) in [5.41, 5.74) is 0. The third kappa shape index (κ3) is 2.92. The highest BCUT2D eigenvalue weighted by molar-refractivity contribution is 5.74. The van der Waals surface area contributed by atoms with E-state index in [9.17, 15) is 9.90 Å². The molecule has 0 radical (unpaired) electrons. The molecular weight excluding hydrogens is 194 g/mol. The van der Waals surface area contributed by atoms with Crippen molar-refractivity contribution in [3.63, 3.8) is 0 Å². The van der Waals surface area contributed by atoms with Crippen molar-refractivity contribution in [2.75, 3.05) is 6.54 Å². The molecule has 3 unspecified atom stereocenters. The van der Waals surface area contributed by atoms with E-state index in [0.717, 1.165) is 38.6 Å². The van der Waals surface area contributed by atoms with Crippen molar-refractivity contribution in [2.45, 2.75) is 44.2 Å². The van der Waals surface area contributed by atoms with Crippen LogP contribution in [0.1, 0.15) is 32.1 Å². The Morgan fingerprint density at radius 2 is 2.07 bits per heavy atom. The minimum absolute atomic E-state index is 0.166. The highest BCUT2D eigenvalue weighted by atomic mass is 16.4. The quantitative estimate of drug-likeness (QED) is 0.625. The minimum Gasteiger partial charge on any atom is -0.480 e. The van der Waals surface area contributed by atoms with Crippen molar-refractivity contribution >= 4 is 5.97 Å². The van der Waals surface area contributed by atoms with Crippen molar-refractivity contribution < 1.29 is 15.0 Å². The Labute approximate surface area is 89.7 Å². The summed E-state index contributed by atoms with van der Waals surface area (Å²) < 4.78 is 0. The van der Waals surface area contributed by atoms with Crippen molar-refractivity contribution in [3.05, 3.63) is 0 Å². The van der Waals surface area contributed by atoms with E-state index in [1.54, 1.807) is 0 Å². The van der Waals surface area contributed by atoms with E-state index in [0.29, 0.717) is 11.8 Å². The minimum atomic E-state index is -0.726. The lowest BCUT2D eigenvalue weighted by atomic mass is 10.1. The summed E-state index contributed by atoms with van der Waals surface area (Å²) in [6, 6.07) is -0.359. The van der Waals surface area contributed by atoms with Crippen LogP contribution in [0.15, 0.2) is 0 Å². The molecule has 0 aromatic heterocycles. The Morgan fingerprint density at radius 3 is 2.53 bits per heavy atom. The molecule has 4 nitrogen and oxygen atoms in total. The molecule has 0 saturated heterocycles. The molecule has 0 spiro atoms. The average molecular weight is 213 g/mol. The van der Waals surface area contributed by atoms with Crippen LogP contribution in [0.25, 0.3) is 0 Å². The molecule has 2 aliphatic rings. The van der Waals surface area contributed by atoms with Gasteiger partial charge in [0.25, 0.3) is 0 Å². The van der Waals surface area contributed by atoms with Gasteiger partial charge in [-0.1, -0.05) is 0 Å². The second-order valence-electron chi connectivity index (χ2n) is 4.89. The van der Waals surface area contributed by atoms with Crippen LogP contribution in [0, 0.1) is 11.8 Å². The molecule has 2 saturated carbocycles. The van der Waals surface area contributed by atoms with E-state index in [1.165, 1.54) is 0 Å². The summed E-state index contributed by atoms with van der Waals surface area (Å²) >= 11 is 0. The van der Waals surface area contributed by atoms with Gasteiger partial charge in [0.05, 0.1) is 6.10 Å². The second-order valence-corrected chi connectivity index (χ2v) is 4.89. The molecule has 3 N–H and O–H groups in total. The third-order valence-corrected chi connectivity index (χ3v) is 3.50. The van der Waals surface area contributed by atoms with Crippen molar-refractivity contribution in [3.8, 4) is 0 Å². The van der Waals surface area contributed by atoms with Crippen LogP contribution in [-0.2, 0) is 4.79 Å². The maximum absolute atomic E-state index is 10.9. The number of hydrogen-bond donors (Lipinski definition) is 3. The van der Waals surface area contributed by atoms with Crippen LogP contribution in [-0.4, -0.2) is 34.9 Å². The van der Waals surface area contributed by atoms with Gasteiger partial charge >= 0.3 is 5.97 Å². The van der Waals surface area contributed by atoms with Gasteiger partial charge in [-0.15, -0.1) is 0 Å². The molecule has 86 valence electrons. The van der Waals surface area contributed by atoms with Crippen LogP contribution >= 0.6 is 0 Å². The van der Waals surface area contributed by atoms with E-state index < -0.39 is 5.97 Å². The number of aliphatic carboxylic acids is 1. The zero-order chi connectivity index (χ0) is 10.8. The second kappa shape index (κ2) is 4.49. The average Bonchev–Trinajstić information content (AvgIpc) is 2.90. The molecule has 2 rings (SSSR count). The Kier molecular flexibility index (Phi) is 3.26. The third-order valence-electron chi connectivity index (χ3n) is 3.50. The van der Waals surface area contributed by atoms with Gasteiger partial charge in [0.15, 0.2) is 0 Å². The first-order chi connectivity index (χ1) is 7.16. The van der Waals surface area contributed by atoms with E-state index in [4.69, 9.17) is 5.11 Å². The summed E-state index contributed by atoms with van der Waals surface area (Å²) in [5.74, 6) is 0.0745. The lowest BCUT2D eigenvalue weighted by molar-refractivity contribution is -0.140. The Morgan fingerprint density at radius 1 is 1.33 bits per heavy atom. The summed E-state index contributed by atoms with van der Waals surface area (Å²) in [4.78, 5) is 10.9. The Balaban J connectivity index is 1.73. The summed E-state index contributed by atoms with van der Waals surface area (Å²) in [7, 11) is 0. The van der Waals surface area contributed by atoms with E-state index in [2.05, 4.69) is 5.32 Å². The molecule has 2 aliphatic carbocycles. The fourth-order valence-electron chi connectivity index (χ4n) is 2.41. The largest absolute Gasteiger partial charge is 0.480 e. The number of carbonyl (C=O) groups is 1. The number of carboxylic acids is 1. The normalized spacial score (nSPS) is 32.9. The van der Waals surface area contributed by atoms with Gasteiger partial charge in [0.2, 0.25) is 0 Å². The smallest absolute Gasteiger partial charge is 0.320 e. The van der Waals surface area contributed by atoms with Crippen LogP contribution in [0.2, 0.25) is 0 Å². The molecular formula is C11H19NO3.